The van der Waals surface area contributed by atoms with Crippen LogP contribution in [0.2, 0.25) is 5.02 Å². The maximum atomic E-state index is 13.4. The zero-order valence-corrected chi connectivity index (χ0v) is 21.4. The fourth-order valence-corrected chi connectivity index (χ4v) is 4.91. The predicted molar refractivity (Wildman–Crippen MR) is 140 cm³/mol. The lowest BCUT2D eigenvalue weighted by Crippen LogP contribution is -2.50. The summed E-state index contributed by atoms with van der Waals surface area (Å²) in [7, 11) is 1.83. The number of nitrogens with zero attached hydrogens (tertiary/aromatic N) is 4. The summed E-state index contributed by atoms with van der Waals surface area (Å²) in [6, 6.07) is 17.2. The smallest absolute Gasteiger partial charge is 0.224 e. The predicted octanol–water partition coefficient (Wildman–Crippen LogP) is 4.66. The molecule has 0 radical (unpaired) electrons. The number of hydrogen-bond acceptors (Lipinski definition) is 4. The molecule has 1 fully saturated rings. The minimum absolute atomic E-state index is 0.0428. The van der Waals surface area contributed by atoms with Crippen molar-refractivity contribution in [1.29, 1.82) is 0 Å². The van der Waals surface area contributed by atoms with Gasteiger partial charge < -0.3 is 19.1 Å². The van der Waals surface area contributed by atoms with Crippen LogP contribution in [0.4, 0.5) is 0 Å². The van der Waals surface area contributed by atoms with Crippen molar-refractivity contribution in [2.45, 2.75) is 38.8 Å². The monoisotopic (exact) mass is 508 g/mol. The van der Waals surface area contributed by atoms with Gasteiger partial charge in [-0.3, -0.25) is 9.59 Å². The maximum absolute atomic E-state index is 13.4. The van der Waals surface area contributed by atoms with E-state index in [4.69, 9.17) is 16.3 Å². The highest BCUT2D eigenvalue weighted by molar-refractivity contribution is 6.30. The van der Waals surface area contributed by atoms with Gasteiger partial charge >= 0.3 is 0 Å². The molecule has 4 rings (SSSR count). The molecule has 8 heteroatoms. The third kappa shape index (κ3) is 7.10. The second-order valence-corrected chi connectivity index (χ2v) is 10.1. The first-order valence-corrected chi connectivity index (χ1v) is 12.7. The Bertz CT molecular complexity index is 1140. The number of hydrogen-bond donors (Lipinski definition) is 0. The van der Waals surface area contributed by atoms with Crippen LogP contribution in [-0.2, 0) is 22.7 Å². The Morgan fingerprint density at radius 1 is 1.17 bits per heavy atom. The Morgan fingerprint density at radius 3 is 2.75 bits per heavy atom. The molecule has 1 atom stereocenters. The number of carbonyl (C=O) groups excluding carboxylic acids is 2. The summed E-state index contributed by atoms with van der Waals surface area (Å²) < 4.78 is 8.07. The van der Waals surface area contributed by atoms with Crippen LogP contribution < -0.4 is 4.74 Å². The number of carbonyl (C=O) groups is 2. The normalized spacial score (nSPS) is 17.6. The number of amides is 2. The quantitative estimate of drug-likeness (QED) is 0.399. The third-order valence-electron chi connectivity index (χ3n) is 6.71. The Morgan fingerprint density at radius 2 is 2.00 bits per heavy atom. The topological polar surface area (TPSA) is 67.7 Å². The van der Waals surface area contributed by atoms with E-state index >= 15 is 0 Å². The van der Waals surface area contributed by atoms with Gasteiger partial charge in [-0.15, -0.1) is 0 Å². The van der Waals surface area contributed by atoms with Gasteiger partial charge in [0.05, 0.1) is 12.9 Å². The number of piperidine rings is 1. The van der Waals surface area contributed by atoms with Gasteiger partial charge in [-0.05, 0) is 36.6 Å². The molecule has 1 aliphatic rings. The van der Waals surface area contributed by atoms with E-state index in [1.165, 1.54) is 0 Å². The minimum Gasteiger partial charge on any atom is -0.493 e. The van der Waals surface area contributed by atoms with Crippen molar-refractivity contribution in [2.24, 2.45) is 5.41 Å². The summed E-state index contributed by atoms with van der Waals surface area (Å²) in [5, 5.41) is 0.597. The van der Waals surface area contributed by atoms with Crippen molar-refractivity contribution in [3.8, 4) is 5.75 Å². The number of halogens is 1. The Balaban J connectivity index is 1.46. The van der Waals surface area contributed by atoms with Crippen LogP contribution in [-0.4, -0.2) is 57.9 Å². The van der Waals surface area contributed by atoms with Crippen LogP contribution in [0, 0.1) is 5.41 Å². The molecule has 7 nitrogen and oxygen atoms in total. The number of ether oxygens (including phenoxy) is 1. The van der Waals surface area contributed by atoms with E-state index in [2.05, 4.69) is 4.98 Å². The van der Waals surface area contributed by atoms with E-state index < -0.39 is 5.41 Å². The molecule has 2 amide bonds. The first kappa shape index (κ1) is 25.8. The van der Waals surface area contributed by atoms with Gasteiger partial charge in [0.25, 0.3) is 0 Å². The first-order chi connectivity index (χ1) is 17.4. The SMILES string of the molecule is CN(Cc1ccccc1)C(=O)C[C@@]1(COc2cccc(Cl)c2)CCCN(C(=O)CCn2ccnc2)C1. The van der Waals surface area contributed by atoms with E-state index in [-0.39, 0.29) is 11.8 Å². The molecule has 3 aromatic rings. The summed E-state index contributed by atoms with van der Waals surface area (Å²) in [5.74, 6) is 0.789. The number of aryl methyl sites for hydroxylation is 1. The molecule has 36 heavy (non-hydrogen) atoms. The molecular formula is C28H33ClN4O3. The molecule has 0 aliphatic carbocycles. The third-order valence-corrected chi connectivity index (χ3v) is 6.95. The highest BCUT2D eigenvalue weighted by atomic mass is 35.5. The first-order valence-electron chi connectivity index (χ1n) is 12.3. The van der Waals surface area contributed by atoms with Crippen LogP contribution in [0.15, 0.2) is 73.3 Å². The van der Waals surface area contributed by atoms with Gasteiger partial charge in [-0.25, -0.2) is 4.98 Å². The van der Waals surface area contributed by atoms with Crippen molar-refractivity contribution < 1.29 is 14.3 Å². The summed E-state index contributed by atoms with van der Waals surface area (Å²) in [6.07, 6.45) is 7.61. The van der Waals surface area contributed by atoms with Crippen LogP contribution >= 0.6 is 11.6 Å². The molecule has 1 saturated heterocycles. The standard InChI is InChI=1S/C28H33ClN4O3/c1-31(19-23-7-3-2-4-8-23)27(35)18-28(21-36-25-10-5-9-24(29)17-25)12-6-14-33(20-28)26(34)11-15-32-16-13-30-22-32/h2-5,7-10,13,16-17,22H,6,11-12,14-15,18-21H2,1H3/t28-/m0/s1. The molecule has 1 aromatic heterocycles. The van der Waals surface area contributed by atoms with Crippen molar-refractivity contribution in [1.82, 2.24) is 19.4 Å². The molecule has 190 valence electrons. The second-order valence-electron chi connectivity index (χ2n) is 9.63. The summed E-state index contributed by atoms with van der Waals surface area (Å²) >= 11 is 6.15. The van der Waals surface area contributed by atoms with Crippen molar-refractivity contribution in [2.75, 3.05) is 26.7 Å². The highest BCUT2D eigenvalue weighted by Gasteiger charge is 2.40. The molecule has 2 aromatic carbocycles. The van der Waals surface area contributed by atoms with E-state index in [0.717, 1.165) is 18.4 Å². The molecule has 0 bridgehead atoms. The number of likely N-dealkylation sites (tertiary alicyclic amines) is 1. The van der Waals surface area contributed by atoms with E-state index in [0.29, 0.717) is 56.4 Å². The number of aromatic nitrogens is 2. The number of rotatable bonds is 10. The zero-order chi connectivity index (χ0) is 25.4. The molecule has 0 N–H and O–H groups in total. The fourth-order valence-electron chi connectivity index (χ4n) is 4.73. The lowest BCUT2D eigenvalue weighted by Gasteiger charge is -2.43. The Hall–Kier alpha value is -3.32. The van der Waals surface area contributed by atoms with Crippen LogP contribution in [0.3, 0.4) is 0 Å². The largest absolute Gasteiger partial charge is 0.493 e. The molecule has 1 aliphatic heterocycles. The van der Waals surface area contributed by atoms with Crippen LogP contribution in [0.25, 0.3) is 0 Å². The van der Waals surface area contributed by atoms with Gasteiger partial charge in [0.1, 0.15) is 5.75 Å². The average Bonchev–Trinajstić information content (AvgIpc) is 3.41. The average molecular weight is 509 g/mol. The highest BCUT2D eigenvalue weighted by Crippen LogP contribution is 2.36. The number of imidazole rings is 1. The van der Waals surface area contributed by atoms with Gasteiger partial charge in [0, 0.05) is 68.9 Å². The van der Waals surface area contributed by atoms with Crippen LogP contribution in [0.5, 0.6) is 5.75 Å². The summed E-state index contributed by atoms with van der Waals surface area (Å²) in [6.45, 7) is 2.64. The lowest BCUT2D eigenvalue weighted by atomic mass is 9.77. The van der Waals surface area contributed by atoms with E-state index in [9.17, 15) is 9.59 Å². The van der Waals surface area contributed by atoms with Gasteiger partial charge in [0.2, 0.25) is 11.8 Å². The van der Waals surface area contributed by atoms with E-state index in [1.807, 2.05) is 65.2 Å². The Kier molecular flexibility index (Phi) is 8.65. The lowest BCUT2D eigenvalue weighted by molar-refractivity contribution is -0.141. The maximum Gasteiger partial charge on any atom is 0.224 e. The molecule has 2 heterocycles. The van der Waals surface area contributed by atoms with Gasteiger partial charge in [0.15, 0.2) is 0 Å². The number of benzene rings is 2. The van der Waals surface area contributed by atoms with E-state index in [1.54, 1.807) is 29.6 Å². The minimum atomic E-state index is -0.479. The Labute approximate surface area is 217 Å². The zero-order valence-electron chi connectivity index (χ0n) is 20.7. The van der Waals surface area contributed by atoms with Crippen molar-refractivity contribution in [3.05, 3.63) is 83.9 Å². The second kappa shape index (κ2) is 12.1. The van der Waals surface area contributed by atoms with Crippen LogP contribution in [0.1, 0.15) is 31.2 Å². The van der Waals surface area contributed by atoms with Gasteiger partial charge in [-0.2, -0.15) is 0 Å². The fraction of sp³-hybridized carbons (Fsp3) is 0.393. The van der Waals surface area contributed by atoms with Crippen molar-refractivity contribution >= 4 is 23.4 Å². The molecule has 0 saturated carbocycles. The molecule has 0 unspecified atom stereocenters. The molecule has 0 spiro atoms. The van der Waals surface area contributed by atoms with Crippen molar-refractivity contribution in [3.63, 3.8) is 0 Å². The molecular weight excluding hydrogens is 476 g/mol. The summed E-state index contributed by atoms with van der Waals surface area (Å²) in [5.41, 5.74) is 0.602. The van der Waals surface area contributed by atoms with Gasteiger partial charge in [-0.1, -0.05) is 48.0 Å². The summed E-state index contributed by atoms with van der Waals surface area (Å²) in [4.78, 5) is 34.2.